The number of thiophene rings is 1. The Morgan fingerprint density at radius 3 is 2.64 bits per heavy atom. The molecule has 1 aromatic rings. The molecule has 2 heterocycles. The summed E-state index contributed by atoms with van der Waals surface area (Å²) in [5.41, 5.74) is 0. The number of ether oxygens (including phenoxy) is 1. The van der Waals surface area contributed by atoms with Crippen molar-refractivity contribution in [1.82, 2.24) is 15.5 Å². The SMILES string of the molecule is C[C@@H]1CN(CCNC(=O)NCCc2ccc(Cl)s2)C[C@@H](C)O1. The minimum absolute atomic E-state index is 0.114. The molecule has 22 heavy (non-hydrogen) atoms. The summed E-state index contributed by atoms with van der Waals surface area (Å²) >= 11 is 7.42. The first kappa shape index (κ1) is 17.5. The molecule has 2 atom stereocenters. The van der Waals surface area contributed by atoms with Gasteiger partial charge in [-0.2, -0.15) is 0 Å². The molecule has 2 rings (SSSR count). The second kappa shape index (κ2) is 8.72. The van der Waals surface area contributed by atoms with E-state index in [1.54, 1.807) is 11.3 Å². The second-order valence-electron chi connectivity index (χ2n) is 5.66. The van der Waals surface area contributed by atoms with Crippen LogP contribution >= 0.6 is 22.9 Å². The van der Waals surface area contributed by atoms with E-state index in [9.17, 15) is 4.79 Å². The van der Waals surface area contributed by atoms with E-state index < -0.39 is 0 Å². The summed E-state index contributed by atoms with van der Waals surface area (Å²) in [4.78, 5) is 15.2. The highest BCUT2D eigenvalue weighted by molar-refractivity contribution is 7.16. The van der Waals surface area contributed by atoms with E-state index in [-0.39, 0.29) is 18.2 Å². The average molecular weight is 346 g/mol. The first-order valence-corrected chi connectivity index (χ1v) is 8.86. The molecule has 0 aromatic carbocycles. The van der Waals surface area contributed by atoms with Crippen molar-refractivity contribution in [1.29, 1.82) is 0 Å². The number of halogens is 1. The molecule has 0 saturated carbocycles. The molecule has 1 saturated heterocycles. The maximum atomic E-state index is 11.7. The molecule has 0 unspecified atom stereocenters. The van der Waals surface area contributed by atoms with E-state index in [4.69, 9.17) is 16.3 Å². The molecule has 1 aliphatic heterocycles. The van der Waals surface area contributed by atoms with Gasteiger partial charge < -0.3 is 15.4 Å². The van der Waals surface area contributed by atoms with Crippen LogP contribution in [0.1, 0.15) is 18.7 Å². The Kier molecular flexibility index (Phi) is 6.95. The van der Waals surface area contributed by atoms with Gasteiger partial charge in [-0.1, -0.05) is 11.6 Å². The van der Waals surface area contributed by atoms with Crippen LogP contribution in [-0.4, -0.2) is 55.9 Å². The largest absolute Gasteiger partial charge is 0.373 e. The number of amides is 2. The zero-order valence-corrected chi connectivity index (χ0v) is 14.7. The van der Waals surface area contributed by atoms with Crippen LogP contribution in [0.5, 0.6) is 0 Å². The topological polar surface area (TPSA) is 53.6 Å². The lowest BCUT2D eigenvalue weighted by molar-refractivity contribution is -0.0672. The molecule has 0 radical (unpaired) electrons. The van der Waals surface area contributed by atoms with Crippen molar-refractivity contribution < 1.29 is 9.53 Å². The van der Waals surface area contributed by atoms with Gasteiger partial charge in [-0.15, -0.1) is 11.3 Å². The lowest BCUT2D eigenvalue weighted by Gasteiger charge is -2.35. The van der Waals surface area contributed by atoms with Gasteiger partial charge in [0.1, 0.15) is 0 Å². The summed E-state index contributed by atoms with van der Waals surface area (Å²) in [6, 6.07) is 3.76. The zero-order valence-electron chi connectivity index (χ0n) is 13.1. The summed E-state index contributed by atoms with van der Waals surface area (Å²) in [6.45, 7) is 8.13. The summed E-state index contributed by atoms with van der Waals surface area (Å²) in [5, 5.41) is 5.76. The summed E-state index contributed by atoms with van der Waals surface area (Å²) in [7, 11) is 0. The molecular weight excluding hydrogens is 322 g/mol. The van der Waals surface area contributed by atoms with Gasteiger partial charge in [-0.05, 0) is 32.4 Å². The molecule has 2 amide bonds. The van der Waals surface area contributed by atoms with Crippen LogP contribution in [0, 0.1) is 0 Å². The van der Waals surface area contributed by atoms with Crippen LogP contribution in [0.4, 0.5) is 4.79 Å². The van der Waals surface area contributed by atoms with E-state index in [1.807, 2.05) is 12.1 Å². The van der Waals surface area contributed by atoms with Gasteiger partial charge in [0.25, 0.3) is 0 Å². The first-order valence-electron chi connectivity index (χ1n) is 7.66. The van der Waals surface area contributed by atoms with Crippen molar-refractivity contribution >= 4 is 29.0 Å². The third kappa shape index (κ3) is 6.12. The number of nitrogens with one attached hydrogen (secondary N) is 2. The van der Waals surface area contributed by atoms with Crippen LogP contribution < -0.4 is 10.6 Å². The molecular formula is C15H24ClN3O2S. The van der Waals surface area contributed by atoms with E-state index in [0.29, 0.717) is 13.1 Å². The quantitative estimate of drug-likeness (QED) is 0.832. The smallest absolute Gasteiger partial charge is 0.314 e. The summed E-state index contributed by atoms with van der Waals surface area (Å²) in [6.07, 6.45) is 1.33. The van der Waals surface area contributed by atoms with Gasteiger partial charge in [-0.25, -0.2) is 4.79 Å². The number of carbonyl (C=O) groups is 1. The predicted octanol–water partition coefficient (Wildman–Crippen LogP) is 2.35. The van der Waals surface area contributed by atoms with Crippen LogP contribution in [0.25, 0.3) is 0 Å². The van der Waals surface area contributed by atoms with Gasteiger partial charge in [0.05, 0.1) is 16.5 Å². The number of nitrogens with zero attached hydrogens (tertiary/aromatic N) is 1. The van der Waals surface area contributed by atoms with Crippen molar-refractivity contribution in [2.24, 2.45) is 0 Å². The molecule has 1 aromatic heterocycles. The van der Waals surface area contributed by atoms with Crippen LogP contribution in [-0.2, 0) is 11.2 Å². The van der Waals surface area contributed by atoms with E-state index in [1.165, 1.54) is 4.88 Å². The van der Waals surface area contributed by atoms with Crippen molar-refractivity contribution in [2.75, 3.05) is 32.7 Å². The fourth-order valence-corrected chi connectivity index (χ4v) is 3.73. The van der Waals surface area contributed by atoms with Crippen LogP contribution in [0.3, 0.4) is 0 Å². The highest BCUT2D eigenvalue weighted by atomic mass is 35.5. The molecule has 0 spiro atoms. The number of hydrogen-bond acceptors (Lipinski definition) is 4. The molecule has 2 N–H and O–H groups in total. The standard InChI is InChI=1S/C15H24ClN3O2S/c1-11-9-19(10-12(2)21-11)8-7-18-15(20)17-6-5-13-3-4-14(16)22-13/h3-4,11-12H,5-10H2,1-2H3,(H2,17,18,20)/t11-,12-/m1/s1. The molecule has 124 valence electrons. The molecule has 0 bridgehead atoms. The fraction of sp³-hybridized carbons (Fsp3) is 0.667. The first-order chi connectivity index (χ1) is 10.5. The highest BCUT2D eigenvalue weighted by Crippen LogP contribution is 2.21. The number of hydrogen-bond donors (Lipinski definition) is 2. The Bertz CT molecular complexity index is 473. The van der Waals surface area contributed by atoms with Crippen molar-refractivity contribution in [3.05, 3.63) is 21.3 Å². The van der Waals surface area contributed by atoms with Crippen LogP contribution in [0.2, 0.25) is 4.34 Å². The predicted molar refractivity (Wildman–Crippen MR) is 90.9 cm³/mol. The molecule has 1 fully saturated rings. The minimum Gasteiger partial charge on any atom is -0.373 e. The maximum Gasteiger partial charge on any atom is 0.314 e. The minimum atomic E-state index is -0.114. The summed E-state index contributed by atoms with van der Waals surface area (Å²) in [5.74, 6) is 0. The van der Waals surface area contributed by atoms with Gasteiger partial charge >= 0.3 is 6.03 Å². The third-order valence-electron chi connectivity index (χ3n) is 3.49. The molecule has 7 heteroatoms. The van der Waals surface area contributed by atoms with Crippen molar-refractivity contribution in [3.8, 4) is 0 Å². The Balaban J connectivity index is 1.55. The Labute approximate surface area is 141 Å². The Morgan fingerprint density at radius 1 is 1.32 bits per heavy atom. The Hall–Kier alpha value is -0.820. The number of rotatable bonds is 6. The summed E-state index contributed by atoms with van der Waals surface area (Å²) < 4.78 is 6.48. The fourth-order valence-electron chi connectivity index (χ4n) is 2.64. The number of carbonyl (C=O) groups excluding carboxylic acids is 1. The second-order valence-corrected chi connectivity index (χ2v) is 7.46. The van der Waals surface area contributed by atoms with Crippen molar-refractivity contribution in [3.63, 3.8) is 0 Å². The molecule has 0 aliphatic carbocycles. The van der Waals surface area contributed by atoms with Crippen molar-refractivity contribution in [2.45, 2.75) is 32.5 Å². The Morgan fingerprint density at radius 2 is 2.00 bits per heavy atom. The normalized spacial score (nSPS) is 22.5. The monoisotopic (exact) mass is 345 g/mol. The van der Waals surface area contributed by atoms with E-state index >= 15 is 0 Å². The highest BCUT2D eigenvalue weighted by Gasteiger charge is 2.21. The van der Waals surface area contributed by atoms with Gasteiger partial charge in [0.2, 0.25) is 0 Å². The lowest BCUT2D eigenvalue weighted by Crippen LogP contribution is -2.48. The molecule has 5 nitrogen and oxygen atoms in total. The lowest BCUT2D eigenvalue weighted by atomic mass is 10.2. The zero-order chi connectivity index (χ0) is 15.9. The van der Waals surface area contributed by atoms with Gasteiger partial charge in [0, 0.05) is 37.6 Å². The van der Waals surface area contributed by atoms with Gasteiger partial charge in [0.15, 0.2) is 0 Å². The van der Waals surface area contributed by atoms with E-state index in [0.717, 1.165) is 30.4 Å². The number of urea groups is 1. The third-order valence-corrected chi connectivity index (χ3v) is 4.79. The van der Waals surface area contributed by atoms with Crippen LogP contribution in [0.15, 0.2) is 12.1 Å². The molecule has 1 aliphatic rings. The van der Waals surface area contributed by atoms with E-state index in [2.05, 4.69) is 29.4 Å². The average Bonchev–Trinajstić information content (AvgIpc) is 2.83. The van der Waals surface area contributed by atoms with Gasteiger partial charge in [-0.3, -0.25) is 4.90 Å². The number of morpholine rings is 1. The maximum absolute atomic E-state index is 11.7.